The number of fused-ring (bicyclic) bond motifs is 14. The maximum Gasteiger partial charge on any atom is 0.310 e. The third kappa shape index (κ3) is 6.08. The number of carboxylic acid groups (broad SMARTS) is 2. The largest absolute Gasteiger partial charge is 0.481 e. The second kappa shape index (κ2) is 15.4. The van der Waals surface area contributed by atoms with Crippen LogP contribution in [0.1, 0.15) is 213 Å². The molecule has 372 valence electrons. The van der Waals surface area contributed by atoms with Gasteiger partial charge in [0, 0.05) is 0 Å². The molecule has 0 saturated heterocycles. The Hall–Kier alpha value is -1.66. The smallest absolute Gasteiger partial charge is 0.310 e. The Morgan fingerprint density at radius 3 is 1.14 bits per heavy atom. The zero-order chi connectivity index (χ0) is 48.4. The van der Waals surface area contributed by atoms with Gasteiger partial charge in [0.05, 0.1) is 23.0 Å². The number of aliphatic carboxylic acids is 2. The Morgan fingerprint density at radius 1 is 0.455 bits per heavy atom. The van der Waals surface area contributed by atoms with Gasteiger partial charge in [-0.05, 0) is 218 Å². The van der Waals surface area contributed by atoms with Gasteiger partial charge in [0.1, 0.15) is 0 Å². The summed E-state index contributed by atoms with van der Waals surface area (Å²) in [6, 6.07) is 0. The SMILES string of the molecule is CC1C2C3=CCC4C5(C)CCC(O)C(C)(C)C5CCC4(C)[C@]3(C)CCC2(C(=O)O)CC[C@H]1C.CC1CCC2(C(=O)O)CCC3(C)C(=CCC4C5(C)CCC(O)C(C)(C)C5CCC43C)C2C1C. The molecule has 8 fully saturated rings. The molecule has 6 heteroatoms. The van der Waals surface area contributed by atoms with E-state index in [1.54, 1.807) is 0 Å². The summed E-state index contributed by atoms with van der Waals surface area (Å²) in [7, 11) is 0. The molecule has 6 nitrogen and oxygen atoms in total. The van der Waals surface area contributed by atoms with Gasteiger partial charge >= 0.3 is 11.9 Å². The summed E-state index contributed by atoms with van der Waals surface area (Å²) >= 11 is 0. The Labute approximate surface area is 401 Å². The molecule has 66 heavy (non-hydrogen) atoms. The number of hydrogen-bond donors (Lipinski definition) is 4. The van der Waals surface area contributed by atoms with Gasteiger partial charge in [0.2, 0.25) is 0 Å². The summed E-state index contributed by atoms with van der Waals surface area (Å²) in [5.41, 5.74) is 2.92. The zero-order valence-electron chi connectivity index (χ0n) is 44.4. The topological polar surface area (TPSA) is 115 Å². The Balaban J connectivity index is 0.000000166. The number of aliphatic hydroxyl groups is 2. The number of allylic oxidation sites excluding steroid dienone is 4. The van der Waals surface area contributed by atoms with E-state index in [9.17, 15) is 30.0 Å². The van der Waals surface area contributed by atoms with Gasteiger partial charge in [-0.15, -0.1) is 0 Å². The van der Waals surface area contributed by atoms with Gasteiger partial charge in [0.25, 0.3) is 0 Å². The Bertz CT molecular complexity index is 1890. The summed E-state index contributed by atoms with van der Waals surface area (Å²) in [6.45, 7) is 33.9. The van der Waals surface area contributed by atoms with Crippen molar-refractivity contribution in [2.45, 2.75) is 225 Å². The highest BCUT2D eigenvalue weighted by Crippen LogP contribution is 2.78. The summed E-state index contributed by atoms with van der Waals surface area (Å²) in [5, 5.41) is 42.8. The summed E-state index contributed by atoms with van der Waals surface area (Å²) in [6.07, 6.45) is 23.3. The Morgan fingerprint density at radius 2 is 0.803 bits per heavy atom. The van der Waals surface area contributed by atoms with Gasteiger partial charge in [0.15, 0.2) is 0 Å². The van der Waals surface area contributed by atoms with E-state index in [1.807, 2.05) is 0 Å². The molecular weight excluding hydrogens is 817 g/mol. The van der Waals surface area contributed by atoms with Crippen molar-refractivity contribution >= 4 is 11.9 Å². The second-order valence-corrected chi connectivity index (χ2v) is 29.0. The molecule has 0 radical (unpaired) electrons. The zero-order valence-corrected chi connectivity index (χ0v) is 44.4. The lowest BCUT2D eigenvalue weighted by Crippen LogP contribution is -2.65. The highest BCUT2D eigenvalue weighted by atomic mass is 16.4. The van der Waals surface area contributed by atoms with Crippen molar-refractivity contribution in [3.8, 4) is 0 Å². The first-order chi connectivity index (χ1) is 30.5. The van der Waals surface area contributed by atoms with Crippen LogP contribution in [-0.2, 0) is 9.59 Å². The maximum atomic E-state index is 12.8. The van der Waals surface area contributed by atoms with E-state index in [2.05, 4.69) is 109 Å². The van der Waals surface area contributed by atoms with Gasteiger partial charge in [-0.2, -0.15) is 0 Å². The minimum atomic E-state index is -0.557. The van der Waals surface area contributed by atoms with E-state index in [4.69, 9.17) is 0 Å². The van der Waals surface area contributed by atoms with Crippen LogP contribution < -0.4 is 0 Å². The molecule has 0 aromatic carbocycles. The molecule has 0 aromatic rings. The molecule has 20 atom stereocenters. The van der Waals surface area contributed by atoms with Crippen LogP contribution in [0, 0.1) is 113 Å². The van der Waals surface area contributed by atoms with Gasteiger partial charge in [-0.1, -0.05) is 120 Å². The van der Waals surface area contributed by atoms with Crippen molar-refractivity contribution < 1.29 is 30.0 Å². The number of hydrogen-bond acceptors (Lipinski definition) is 4. The number of aliphatic hydroxyl groups excluding tert-OH is 2. The van der Waals surface area contributed by atoms with Crippen LogP contribution in [0.15, 0.2) is 23.3 Å². The monoisotopic (exact) mass is 913 g/mol. The minimum absolute atomic E-state index is 0.0302. The Kier molecular flexibility index (Phi) is 11.5. The van der Waals surface area contributed by atoms with Crippen LogP contribution >= 0.6 is 0 Å². The van der Waals surface area contributed by atoms with Crippen LogP contribution in [0.2, 0.25) is 0 Å². The van der Waals surface area contributed by atoms with E-state index in [0.29, 0.717) is 47.3 Å². The van der Waals surface area contributed by atoms with Crippen LogP contribution in [0.5, 0.6) is 0 Å². The maximum absolute atomic E-state index is 12.8. The molecule has 10 rings (SSSR count). The van der Waals surface area contributed by atoms with Gasteiger partial charge < -0.3 is 20.4 Å². The van der Waals surface area contributed by atoms with Gasteiger partial charge in [-0.25, -0.2) is 0 Å². The molecule has 0 bridgehead atoms. The van der Waals surface area contributed by atoms with E-state index in [1.165, 1.54) is 36.8 Å². The highest BCUT2D eigenvalue weighted by Gasteiger charge is 2.72. The number of carboxylic acids is 2. The van der Waals surface area contributed by atoms with Crippen LogP contribution in [0.4, 0.5) is 0 Å². The molecule has 0 aliphatic heterocycles. The van der Waals surface area contributed by atoms with E-state index < -0.39 is 22.8 Å². The molecule has 0 aromatic heterocycles. The molecule has 0 heterocycles. The highest BCUT2D eigenvalue weighted by molar-refractivity contribution is 5.77. The van der Waals surface area contributed by atoms with Crippen LogP contribution in [0.25, 0.3) is 0 Å². The third-order valence-corrected chi connectivity index (χ3v) is 26.8. The van der Waals surface area contributed by atoms with Crippen LogP contribution in [0.3, 0.4) is 0 Å². The van der Waals surface area contributed by atoms with Crippen molar-refractivity contribution in [3.63, 3.8) is 0 Å². The summed E-state index contributed by atoms with van der Waals surface area (Å²) in [5.74, 6) is 3.65. The third-order valence-electron chi connectivity index (χ3n) is 26.8. The molecule has 10 aliphatic carbocycles. The predicted molar refractivity (Wildman–Crippen MR) is 265 cm³/mol. The first-order valence-corrected chi connectivity index (χ1v) is 27.8. The molecule has 8 saturated carbocycles. The second-order valence-electron chi connectivity index (χ2n) is 29.0. The fourth-order valence-electron chi connectivity index (χ4n) is 21.7. The number of rotatable bonds is 2. The van der Waals surface area contributed by atoms with Gasteiger partial charge in [-0.3, -0.25) is 9.59 Å². The molecule has 10 aliphatic rings. The first-order valence-electron chi connectivity index (χ1n) is 27.8. The lowest BCUT2D eigenvalue weighted by Gasteiger charge is -2.71. The van der Waals surface area contributed by atoms with E-state index >= 15 is 0 Å². The fourth-order valence-corrected chi connectivity index (χ4v) is 21.7. The van der Waals surface area contributed by atoms with Crippen molar-refractivity contribution in [2.75, 3.05) is 0 Å². The summed E-state index contributed by atoms with van der Waals surface area (Å²) in [4.78, 5) is 25.6. The molecular formula is C60H96O6. The number of carbonyl (C=O) groups is 2. The average Bonchev–Trinajstić information content (AvgIpc) is 3.24. The lowest BCUT2D eigenvalue weighted by molar-refractivity contribution is -0.206. The minimum Gasteiger partial charge on any atom is -0.481 e. The van der Waals surface area contributed by atoms with E-state index in [-0.39, 0.29) is 67.4 Å². The lowest BCUT2D eigenvalue weighted by atomic mass is 9.33. The standard InChI is InChI=1S/2C30H48O3/c2*1-18-10-15-30(25(32)33)17-16-28(6)20(24(30)19(18)2)8-9-22-27(5)13-12-23(31)26(3,4)21(27)11-14-29(22,28)7/h2*8,18-19,21-24,31H,9-17H2,1-7H3,(H,32,33)/t18-,19?,21?,22?,23?,24?,27?,28-,29?,30?;/m1./s1. The normalized spacial score (nSPS) is 55.3. The molecule has 4 N–H and O–H groups in total. The van der Waals surface area contributed by atoms with Crippen LogP contribution in [-0.4, -0.2) is 44.6 Å². The fraction of sp³-hybridized carbons (Fsp3) is 0.900. The van der Waals surface area contributed by atoms with Crippen molar-refractivity contribution in [3.05, 3.63) is 23.3 Å². The van der Waals surface area contributed by atoms with Crippen molar-refractivity contribution in [1.29, 1.82) is 0 Å². The summed E-state index contributed by atoms with van der Waals surface area (Å²) < 4.78 is 0. The molecule has 0 spiro atoms. The van der Waals surface area contributed by atoms with E-state index in [0.717, 1.165) is 89.9 Å². The quantitative estimate of drug-likeness (QED) is 0.205. The van der Waals surface area contributed by atoms with Crippen molar-refractivity contribution in [1.82, 2.24) is 0 Å². The molecule has 18 unspecified atom stereocenters. The predicted octanol–water partition coefficient (Wildman–Crippen LogP) is 14.2. The molecule has 0 amide bonds. The van der Waals surface area contributed by atoms with Crippen molar-refractivity contribution in [2.24, 2.45) is 113 Å². The first kappa shape index (κ1) is 49.3. The average molecular weight is 913 g/mol.